The lowest BCUT2D eigenvalue weighted by molar-refractivity contribution is 0.0781. The van der Waals surface area contributed by atoms with Crippen LogP contribution in [0, 0.1) is 17.2 Å². The maximum absolute atomic E-state index is 12.3. The number of carbonyl (C=O) groups is 1. The lowest BCUT2D eigenvalue weighted by Gasteiger charge is -2.20. The van der Waals surface area contributed by atoms with E-state index in [0.29, 0.717) is 30.2 Å². The predicted octanol–water partition coefficient (Wildman–Crippen LogP) is 1.90. The Kier molecular flexibility index (Phi) is 5.19. The van der Waals surface area contributed by atoms with Crippen molar-refractivity contribution < 1.29 is 9.53 Å². The van der Waals surface area contributed by atoms with Crippen molar-refractivity contribution in [1.29, 1.82) is 5.26 Å². The van der Waals surface area contributed by atoms with Crippen LogP contribution in [0.2, 0.25) is 0 Å². The normalized spacial score (nSPS) is 11.5. The fourth-order valence-corrected chi connectivity index (χ4v) is 1.77. The quantitative estimate of drug-likeness (QED) is 0.821. The van der Waals surface area contributed by atoms with Gasteiger partial charge in [-0.2, -0.15) is 5.26 Å². The van der Waals surface area contributed by atoms with E-state index in [1.807, 2.05) is 6.92 Å². The molecule has 0 spiro atoms. The number of hydrogen-bond acceptors (Lipinski definition) is 4. The first kappa shape index (κ1) is 14.8. The zero-order valence-electron chi connectivity index (χ0n) is 11.5. The van der Waals surface area contributed by atoms with Crippen molar-refractivity contribution in [1.82, 2.24) is 4.90 Å². The Hall–Kier alpha value is -2.22. The summed E-state index contributed by atoms with van der Waals surface area (Å²) in [5.74, 6) is -0.00476. The number of nitriles is 1. The maximum atomic E-state index is 12.3. The molecule has 5 nitrogen and oxygen atoms in total. The summed E-state index contributed by atoms with van der Waals surface area (Å²) in [6.45, 7) is 4.41. The van der Waals surface area contributed by atoms with Gasteiger partial charge < -0.3 is 15.4 Å². The molecule has 0 saturated heterocycles. The van der Waals surface area contributed by atoms with Gasteiger partial charge in [-0.05, 0) is 26.0 Å². The molecule has 5 heteroatoms. The van der Waals surface area contributed by atoms with Gasteiger partial charge in [0.15, 0.2) is 5.75 Å². The molecule has 0 radical (unpaired) electrons. The van der Waals surface area contributed by atoms with Gasteiger partial charge >= 0.3 is 0 Å². The van der Waals surface area contributed by atoms with E-state index in [1.54, 1.807) is 32.2 Å². The zero-order chi connectivity index (χ0) is 14.4. The van der Waals surface area contributed by atoms with E-state index in [-0.39, 0.29) is 11.8 Å². The molecule has 0 aliphatic carbocycles. The molecule has 19 heavy (non-hydrogen) atoms. The molecule has 0 aliphatic heterocycles. The molecule has 0 fully saturated rings. The number of carbonyl (C=O) groups excluding carboxylic acids is 1. The number of hydrogen-bond donors (Lipinski definition) is 1. The van der Waals surface area contributed by atoms with Gasteiger partial charge in [-0.3, -0.25) is 4.79 Å². The first-order valence-electron chi connectivity index (χ1n) is 6.17. The molecule has 1 aromatic carbocycles. The monoisotopic (exact) mass is 261 g/mol. The highest BCUT2D eigenvalue weighted by Crippen LogP contribution is 2.27. The summed E-state index contributed by atoms with van der Waals surface area (Å²) < 4.78 is 5.43. The van der Waals surface area contributed by atoms with Crippen molar-refractivity contribution in [2.75, 3.05) is 25.9 Å². The minimum absolute atomic E-state index is 0.196. The Morgan fingerprint density at radius 1 is 1.58 bits per heavy atom. The van der Waals surface area contributed by atoms with Crippen LogP contribution in [-0.2, 0) is 0 Å². The second kappa shape index (κ2) is 6.64. The first-order valence-corrected chi connectivity index (χ1v) is 6.17. The minimum atomic E-state index is -0.217. The van der Waals surface area contributed by atoms with Gasteiger partial charge in [-0.1, -0.05) is 6.07 Å². The Bertz CT molecular complexity index is 494. The molecule has 0 heterocycles. The van der Waals surface area contributed by atoms with Gasteiger partial charge in [-0.25, -0.2) is 0 Å². The van der Waals surface area contributed by atoms with Gasteiger partial charge in [0.25, 0.3) is 5.91 Å². The molecule has 1 rings (SSSR count). The maximum Gasteiger partial charge on any atom is 0.257 e. The zero-order valence-corrected chi connectivity index (χ0v) is 11.5. The van der Waals surface area contributed by atoms with Crippen LogP contribution >= 0.6 is 0 Å². The second-order valence-electron chi connectivity index (χ2n) is 4.37. The fourth-order valence-electron chi connectivity index (χ4n) is 1.77. The summed E-state index contributed by atoms with van der Waals surface area (Å²) in [5, 5.41) is 8.79. The van der Waals surface area contributed by atoms with Crippen molar-refractivity contribution in [2.24, 2.45) is 5.92 Å². The number of ether oxygens (including phenoxy) is 1. The Morgan fingerprint density at radius 2 is 2.26 bits per heavy atom. The van der Waals surface area contributed by atoms with E-state index in [2.05, 4.69) is 6.07 Å². The second-order valence-corrected chi connectivity index (χ2v) is 4.37. The van der Waals surface area contributed by atoms with Crippen LogP contribution in [-0.4, -0.2) is 31.0 Å². The highest BCUT2D eigenvalue weighted by Gasteiger charge is 2.19. The Balaban J connectivity index is 2.99. The number of nitrogens with two attached hydrogens (primary N) is 1. The van der Waals surface area contributed by atoms with Crippen LogP contribution in [0.4, 0.5) is 5.69 Å². The molecule has 0 aliphatic rings. The number of amides is 1. The van der Waals surface area contributed by atoms with Crippen molar-refractivity contribution in [3.63, 3.8) is 0 Å². The molecular formula is C14H19N3O2. The van der Waals surface area contributed by atoms with Crippen LogP contribution in [0.5, 0.6) is 5.75 Å². The summed E-state index contributed by atoms with van der Waals surface area (Å²) in [6, 6.07) is 7.19. The highest BCUT2D eigenvalue weighted by molar-refractivity contribution is 5.98. The molecule has 1 aromatic rings. The van der Waals surface area contributed by atoms with E-state index in [4.69, 9.17) is 15.7 Å². The van der Waals surface area contributed by atoms with Crippen molar-refractivity contribution in [3.8, 4) is 11.8 Å². The predicted molar refractivity (Wildman–Crippen MR) is 73.8 cm³/mol. The fraction of sp³-hybridized carbons (Fsp3) is 0.429. The van der Waals surface area contributed by atoms with Gasteiger partial charge in [-0.15, -0.1) is 0 Å². The minimum Gasteiger partial charge on any atom is -0.491 e. The summed E-state index contributed by atoms with van der Waals surface area (Å²) in [4.78, 5) is 13.8. The van der Waals surface area contributed by atoms with Gasteiger partial charge in [0.2, 0.25) is 0 Å². The largest absolute Gasteiger partial charge is 0.491 e. The number of anilines is 1. The van der Waals surface area contributed by atoms with Gasteiger partial charge in [0.05, 0.1) is 29.8 Å². The van der Waals surface area contributed by atoms with E-state index < -0.39 is 0 Å². The van der Waals surface area contributed by atoms with E-state index in [0.717, 1.165) is 0 Å². The van der Waals surface area contributed by atoms with Crippen LogP contribution in [0.3, 0.4) is 0 Å². The number of benzene rings is 1. The Morgan fingerprint density at radius 3 is 2.84 bits per heavy atom. The first-order chi connectivity index (χ1) is 9.01. The SMILES string of the molecule is CCOc1c(N)cccc1C(=O)N(C)CC(C)C#N. The molecule has 0 saturated carbocycles. The lowest BCUT2D eigenvalue weighted by Crippen LogP contribution is -2.31. The smallest absolute Gasteiger partial charge is 0.257 e. The number of nitrogens with zero attached hydrogens (tertiary/aromatic N) is 2. The van der Waals surface area contributed by atoms with Crippen LogP contribution in [0.1, 0.15) is 24.2 Å². The van der Waals surface area contributed by atoms with E-state index >= 15 is 0 Å². The van der Waals surface area contributed by atoms with Gasteiger partial charge in [0.1, 0.15) is 0 Å². The number of rotatable bonds is 5. The van der Waals surface area contributed by atoms with Crippen molar-refractivity contribution in [2.45, 2.75) is 13.8 Å². The number of nitrogen functional groups attached to an aromatic ring is 1. The molecule has 0 bridgehead atoms. The number of para-hydroxylation sites is 1. The molecular weight excluding hydrogens is 242 g/mol. The highest BCUT2D eigenvalue weighted by atomic mass is 16.5. The Labute approximate surface area is 113 Å². The molecule has 102 valence electrons. The van der Waals surface area contributed by atoms with Crippen LogP contribution < -0.4 is 10.5 Å². The molecule has 1 amide bonds. The summed E-state index contributed by atoms with van der Waals surface area (Å²) in [6.07, 6.45) is 0. The average molecular weight is 261 g/mol. The van der Waals surface area contributed by atoms with E-state index in [1.165, 1.54) is 4.90 Å². The van der Waals surface area contributed by atoms with Gasteiger partial charge in [0, 0.05) is 13.6 Å². The average Bonchev–Trinajstić information content (AvgIpc) is 2.40. The van der Waals surface area contributed by atoms with Crippen molar-refractivity contribution >= 4 is 11.6 Å². The van der Waals surface area contributed by atoms with Crippen molar-refractivity contribution in [3.05, 3.63) is 23.8 Å². The van der Waals surface area contributed by atoms with E-state index in [9.17, 15) is 4.79 Å². The molecule has 0 aromatic heterocycles. The third kappa shape index (κ3) is 3.62. The molecule has 2 N–H and O–H groups in total. The standard InChI is InChI=1S/C14H19N3O2/c1-4-19-13-11(6-5-7-12(13)16)14(18)17(3)9-10(2)8-15/h5-7,10H,4,9,16H2,1-3H3. The van der Waals surface area contributed by atoms with Crippen LogP contribution in [0.25, 0.3) is 0 Å². The summed E-state index contributed by atoms with van der Waals surface area (Å²) in [7, 11) is 1.66. The molecule has 1 unspecified atom stereocenters. The topological polar surface area (TPSA) is 79.3 Å². The summed E-state index contributed by atoms with van der Waals surface area (Å²) >= 11 is 0. The third-order valence-electron chi connectivity index (χ3n) is 2.68. The lowest BCUT2D eigenvalue weighted by atomic mass is 10.1. The third-order valence-corrected chi connectivity index (χ3v) is 2.68. The molecule has 1 atom stereocenters. The summed E-state index contributed by atoms with van der Waals surface area (Å²) in [5.41, 5.74) is 6.69. The van der Waals surface area contributed by atoms with Crippen LogP contribution in [0.15, 0.2) is 18.2 Å².